The van der Waals surface area contributed by atoms with Gasteiger partial charge in [-0.15, -0.1) is 52.6 Å². The maximum absolute atomic E-state index is 9.32. The van der Waals surface area contributed by atoms with Gasteiger partial charge in [0.1, 0.15) is 4.84 Å². The second kappa shape index (κ2) is 112. The predicted molar refractivity (Wildman–Crippen MR) is 84.3 cm³/mol. The molecule has 0 aliphatic rings. The molecule has 0 aliphatic carbocycles. The van der Waals surface area contributed by atoms with Crippen molar-refractivity contribution in [3.8, 4) is 0 Å². The summed E-state index contributed by atoms with van der Waals surface area (Å²) in [6.07, 6.45) is 0. The first kappa shape index (κ1) is 62.7. The van der Waals surface area contributed by atoms with Crippen LogP contribution in [0.2, 0.25) is 0 Å². The first-order valence-electron chi connectivity index (χ1n) is 3.13. The van der Waals surface area contributed by atoms with Gasteiger partial charge in [0, 0.05) is 47.8 Å². The number of hydrogen-bond acceptors (Lipinski definition) is 2. The molecule has 108 valence electrons. The molecule has 0 fully saturated rings. The molecule has 0 saturated carbocycles. The van der Waals surface area contributed by atoms with Crippen LogP contribution in [0.5, 0.6) is 0 Å². The van der Waals surface area contributed by atoms with Crippen LogP contribution < -0.4 is 5.11 Å². The van der Waals surface area contributed by atoms with Crippen LogP contribution in [0.15, 0.2) is 52.6 Å². The molecule has 0 aromatic heterocycles. The van der Waals surface area contributed by atoms with Crippen LogP contribution in [0.25, 0.3) is 0 Å². The average Bonchev–Trinajstić information content (AvgIpc) is 2.29. The van der Waals surface area contributed by atoms with Crippen molar-refractivity contribution in [3.63, 3.8) is 0 Å². The Balaban J connectivity index is -0.00000000857. The fraction of sp³-hybridized carbons (Fsp3) is 0.100. The molecule has 0 bridgehead atoms. The maximum atomic E-state index is 9.32. The molecule has 0 atom stereocenters. The Morgan fingerprint density at radius 1 is 0.778 bits per heavy atom. The van der Waals surface area contributed by atoms with Crippen molar-refractivity contribution >= 4 is 77.0 Å². The summed E-state index contributed by atoms with van der Waals surface area (Å²) in [5.74, 6) is -1.46. The molecule has 8 radical (unpaired) electrons. The first-order valence-corrected chi connectivity index (χ1v) is 4.01. The van der Waals surface area contributed by atoms with E-state index >= 15 is 0 Å². The summed E-state index contributed by atoms with van der Waals surface area (Å²) in [6, 6.07) is 0. The number of alkyl halides is 2. The smallest absolute Gasteiger partial charge is 0.146 e. The third kappa shape index (κ3) is 194. The van der Waals surface area contributed by atoms with E-state index in [1.54, 1.807) is 0 Å². The third-order valence-electron chi connectivity index (χ3n) is 0.178. The van der Waals surface area contributed by atoms with E-state index in [2.05, 4.69) is 52.6 Å². The molecule has 0 heterocycles. The van der Waals surface area contributed by atoms with Crippen LogP contribution in [0.4, 0.5) is 0 Å². The van der Waals surface area contributed by atoms with E-state index in [1.165, 1.54) is 0 Å². The van der Waals surface area contributed by atoms with Gasteiger partial charge >= 0.3 is 0 Å². The van der Waals surface area contributed by atoms with Gasteiger partial charge in [-0.05, 0) is 0 Å². The van der Waals surface area contributed by atoms with E-state index < -0.39 is 10.8 Å². The minimum absolute atomic E-state index is 0. The Morgan fingerprint density at radius 2 is 0.833 bits per heavy atom. The quantitative estimate of drug-likeness (QED) is 0.287. The average molecular weight is 514 g/mol. The normalized spacial score (nSPS) is 3.94. The molecule has 0 rings (SSSR count). The standard InChI is InChI=1S/C2H2Cl2O2.4C2H4.2H2O.2Sn/c3-1(4)2(5)6;4*1-2;;;;/h1H,(H,5,6);4*1-2H2;2*1H2;;/p-1. The molecule has 0 aromatic rings. The fourth-order valence-corrected chi connectivity index (χ4v) is 0. The number of aliphatic carboxylic acids is 1. The summed E-state index contributed by atoms with van der Waals surface area (Å²) < 4.78 is 0. The fourth-order valence-electron chi connectivity index (χ4n) is 0. The monoisotopic (exact) mass is 515 g/mol. The number of rotatable bonds is 1. The molecule has 0 saturated heterocycles. The largest absolute Gasteiger partial charge is 0.547 e. The van der Waals surface area contributed by atoms with E-state index in [0.29, 0.717) is 0 Å². The summed E-state index contributed by atoms with van der Waals surface area (Å²) >= 11 is 9.43. The van der Waals surface area contributed by atoms with E-state index in [0.717, 1.165) is 0 Å². The topological polar surface area (TPSA) is 103 Å². The second-order valence-corrected chi connectivity index (χ2v) is 1.72. The Morgan fingerprint density at radius 3 is 0.833 bits per heavy atom. The van der Waals surface area contributed by atoms with Crippen LogP contribution in [0.3, 0.4) is 0 Å². The van der Waals surface area contributed by atoms with Crippen LogP contribution in [0, 0.1) is 0 Å². The van der Waals surface area contributed by atoms with Crippen LogP contribution in [-0.4, -0.2) is 69.6 Å². The molecule has 0 unspecified atom stereocenters. The van der Waals surface area contributed by atoms with Gasteiger partial charge in [0.25, 0.3) is 0 Å². The summed E-state index contributed by atoms with van der Waals surface area (Å²) in [6.45, 7) is 24.0. The molecular formula is C10H21Cl2O4Sn2-. The van der Waals surface area contributed by atoms with Crippen molar-refractivity contribution in [2.45, 2.75) is 4.84 Å². The third-order valence-corrected chi connectivity index (χ3v) is 0.535. The minimum Gasteiger partial charge on any atom is -0.547 e. The Kier molecular flexibility index (Phi) is 391. The number of carboxylic acid groups (broad SMARTS) is 1. The number of hydrogen-bond donors (Lipinski definition) is 0. The summed E-state index contributed by atoms with van der Waals surface area (Å²) in [7, 11) is 0. The second-order valence-electron chi connectivity index (χ2n) is 0.620. The molecule has 0 spiro atoms. The van der Waals surface area contributed by atoms with Crippen molar-refractivity contribution in [1.29, 1.82) is 0 Å². The predicted octanol–water partition coefficient (Wildman–Crippen LogP) is 0.338. The van der Waals surface area contributed by atoms with Crippen molar-refractivity contribution in [1.82, 2.24) is 0 Å². The van der Waals surface area contributed by atoms with Crippen LogP contribution in [-0.2, 0) is 4.79 Å². The maximum Gasteiger partial charge on any atom is 0.146 e. The van der Waals surface area contributed by atoms with Gasteiger partial charge in [-0.3, -0.25) is 0 Å². The summed E-state index contributed by atoms with van der Waals surface area (Å²) in [5.41, 5.74) is 0. The van der Waals surface area contributed by atoms with E-state index in [-0.39, 0.29) is 58.8 Å². The molecule has 18 heavy (non-hydrogen) atoms. The number of carboxylic acids is 1. The summed E-state index contributed by atoms with van der Waals surface area (Å²) in [4.78, 5) is 7.93. The van der Waals surface area contributed by atoms with Crippen LogP contribution >= 0.6 is 23.2 Å². The van der Waals surface area contributed by atoms with E-state index in [9.17, 15) is 9.90 Å². The zero-order valence-electron chi connectivity index (χ0n) is 10.3. The molecule has 4 nitrogen and oxygen atoms in total. The Labute approximate surface area is 154 Å². The zero-order chi connectivity index (χ0) is 13.2. The van der Waals surface area contributed by atoms with Gasteiger partial charge in [-0.2, -0.15) is 0 Å². The van der Waals surface area contributed by atoms with E-state index in [4.69, 9.17) is 23.2 Å². The number of halogens is 2. The van der Waals surface area contributed by atoms with Gasteiger partial charge in [-0.1, -0.05) is 23.2 Å². The van der Waals surface area contributed by atoms with Crippen molar-refractivity contribution in [2.24, 2.45) is 0 Å². The first-order chi connectivity index (χ1) is 6.64. The Bertz CT molecular complexity index is 112. The van der Waals surface area contributed by atoms with Gasteiger partial charge in [0.2, 0.25) is 0 Å². The number of carbonyl (C=O) groups excluding carboxylic acids is 1. The molecule has 0 amide bonds. The minimum atomic E-state index is -1.46. The van der Waals surface area contributed by atoms with Gasteiger partial charge in [0.05, 0.1) is 5.97 Å². The molecule has 4 N–H and O–H groups in total. The Hall–Kier alpha value is 0.527. The zero-order valence-corrected chi connectivity index (χ0v) is 17.5. The summed E-state index contributed by atoms with van der Waals surface area (Å²) in [5, 5.41) is 9.32. The SMILES string of the molecule is C=C.C=C.C=C.C=C.O.O.O=C([O-])C(Cl)Cl.[Sn].[Sn]. The van der Waals surface area contributed by atoms with E-state index in [1.807, 2.05) is 0 Å². The van der Waals surface area contributed by atoms with Crippen molar-refractivity contribution in [2.75, 3.05) is 0 Å². The van der Waals surface area contributed by atoms with Crippen molar-refractivity contribution in [3.05, 3.63) is 52.6 Å². The van der Waals surface area contributed by atoms with Gasteiger partial charge in [-0.25, -0.2) is 0 Å². The molecular weight excluding hydrogens is 492 g/mol. The number of carbonyl (C=O) groups is 1. The van der Waals surface area contributed by atoms with Crippen LogP contribution in [0.1, 0.15) is 0 Å². The molecule has 8 heteroatoms. The van der Waals surface area contributed by atoms with Gasteiger partial charge < -0.3 is 20.9 Å². The molecule has 0 aromatic carbocycles. The molecule has 0 aliphatic heterocycles. The van der Waals surface area contributed by atoms with Gasteiger partial charge in [0.15, 0.2) is 0 Å². The van der Waals surface area contributed by atoms with Crippen molar-refractivity contribution < 1.29 is 20.9 Å².